The van der Waals surface area contributed by atoms with Crippen molar-refractivity contribution in [3.63, 3.8) is 0 Å². The van der Waals surface area contributed by atoms with Crippen molar-refractivity contribution in [2.24, 2.45) is 0 Å². The zero-order valence-corrected chi connectivity index (χ0v) is 12.2. The Morgan fingerprint density at radius 3 is 3.10 bits per heavy atom. The molecule has 0 saturated heterocycles. The van der Waals surface area contributed by atoms with Crippen LogP contribution in [0.5, 0.6) is 0 Å². The zero-order chi connectivity index (χ0) is 13.9. The van der Waals surface area contributed by atoms with Crippen molar-refractivity contribution in [3.05, 3.63) is 35.5 Å². The number of benzene rings is 1. The van der Waals surface area contributed by atoms with Crippen LogP contribution in [-0.4, -0.2) is 28.8 Å². The van der Waals surface area contributed by atoms with Crippen LogP contribution >= 0.6 is 0 Å². The smallest absolute Gasteiger partial charge is 0.0458 e. The number of aliphatic hydroxyl groups excluding tert-OH is 1. The van der Waals surface area contributed by atoms with E-state index in [9.17, 15) is 0 Å². The second kappa shape index (κ2) is 5.98. The number of H-pyrrole nitrogens is 1. The van der Waals surface area contributed by atoms with Gasteiger partial charge in [0, 0.05) is 35.3 Å². The molecule has 2 unspecified atom stereocenters. The molecule has 0 aliphatic heterocycles. The molecule has 0 bridgehead atoms. The molecule has 3 heteroatoms. The van der Waals surface area contributed by atoms with Crippen LogP contribution in [0.2, 0.25) is 0 Å². The average Bonchev–Trinajstić information content (AvgIpc) is 2.83. The van der Waals surface area contributed by atoms with Crippen LogP contribution in [-0.2, 0) is 12.8 Å². The van der Waals surface area contributed by atoms with Gasteiger partial charge < -0.3 is 15.4 Å². The first-order valence-electron chi connectivity index (χ1n) is 7.73. The lowest BCUT2D eigenvalue weighted by atomic mass is 9.91. The van der Waals surface area contributed by atoms with E-state index in [1.54, 1.807) is 0 Å². The molecular formula is C17H24N2O. The maximum atomic E-state index is 8.91. The number of nitrogens with one attached hydrogen (secondary N) is 2. The number of hydrogen-bond donors (Lipinski definition) is 3. The quantitative estimate of drug-likeness (QED) is 0.784. The van der Waals surface area contributed by atoms with Crippen molar-refractivity contribution in [1.29, 1.82) is 0 Å². The molecular weight excluding hydrogens is 248 g/mol. The largest absolute Gasteiger partial charge is 0.396 e. The molecule has 0 fully saturated rings. The van der Waals surface area contributed by atoms with Gasteiger partial charge in [-0.25, -0.2) is 0 Å². The van der Waals surface area contributed by atoms with Gasteiger partial charge in [-0.05, 0) is 50.7 Å². The first kappa shape index (κ1) is 13.7. The molecule has 1 aliphatic carbocycles. The summed E-state index contributed by atoms with van der Waals surface area (Å²) < 4.78 is 0. The monoisotopic (exact) mass is 272 g/mol. The molecule has 108 valence electrons. The van der Waals surface area contributed by atoms with E-state index in [1.807, 2.05) is 0 Å². The fourth-order valence-corrected chi connectivity index (χ4v) is 3.39. The number of aliphatic hydroxyl groups is 1. The number of hydrogen-bond acceptors (Lipinski definition) is 2. The summed E-state index contributed by atoms with van der Waals surface area (Å²) in [6.07, 6.45) is 5.38. The number of para-hydroxylation sites is 1. The summed E-state index contributed by atoms with van der Waals surface area (Å²) in [5.74, 6) is 0. The fourth-order valence-electron chi connectivity index (χ4n) is 3.39. The summed E-state index contributed by atoms with van der Waals surface area (Å²) in [6, 6.07) is 9.66. The van der Waals surface area contributed by atoms with Gasteiger partial charge in [-0.15, -0.1) is 0 Å². The van der Waals surface area contributed by atoms with Gasteiger partial charge in [0.2, 0.25) is 0 Å². The van der Waals surface area contributed by atoms with Crippen molar-refractivity contribution in [1.82, 2.24) is 10.3 Å². The van der Waals surface area contributed by atoms with E-state index < -0.39 is 0 Å². The van der Waals surface area contributed by atoms with E-state index in [0.717, 1.165) is 25.7 Å². The molecule has 0 saturated carbocycles. The second-order valence-electron chi connectivity index (χ2n) is 6.00. The molecule has 1 aromatic heterocycles. The van der Waals surface area contributed by atoms with Crippen LogP contribution in [0, 0.1) is 0 Å². The lowest BCUT2D eigenvalue weighted by molar-refractivity contribution is 0.272. The Morgan fingerprint density at radius 1 is 1.40 bits per heavy atom. The third-order valence-electron chi connectivity index (χ3n) is 4.41. The average molecular weight is 272 g/mol. The Kier molecular flexibility index (Phi) is 4.08. The first-order valence-corrected chi connectivity index (χ1v) is 7.73. The normalized spacial score (nSPS) is 20.0. The Morgan fingerprint density at radius 2 is 2.25 bits per heavy atom. The van der Waals surface area contributed by atoms with Crippen LogP contribution in [0.15, 0.2) is 24.3 Å². The van der Waals surface area contributed by atoms with Gasteiger partial charge in [-0.1, -0.05) is 18.2 Å². The summed E-state index contributed by atoms with van der Waals surface area (Å²) in [5, 5.41) is 14.0. The Balaban J connectivity index is 1.71. The minimum absolute atomic E-state index is 0.295. The Bertz CT molecular complexity index is 575. The highest BCUT2D eigenvalue weighted by atomic mass is 16.2. The van der Waals surface area contributed by atoms with Crippen LogP contribution < -0.4 is 5.32 Å². The fraction of sp³-hybridized carbons (Fsp3) is 0.529. The van der Waals surface area contributed by atoms with E-state index in [0.29, 0.717) is 18.7 Å². The highest BCUT2D eigenvalue weighted by Crippen LogP contribution is 2.29. The summed E-state index contributed by atoms with van der Waals surface area (Å²) in [4.78, 5) is 3.56. The molecule has 20 heavy (non-hydrogen) atoms. The lowest BCUT2D eigenvalue weighted by Gasteiger charge is -2.27. The molecule has 3 nitrogen and oxygen atoms in total. The van der Waals surface area contributed by atoms with Gasteiger partial charge in [0.25, 0.3) is 0 Å². The highest BCUT2D eigenvalue weighted by molar-refractivity contribution is 5.84. The van der Waals surface area contributed by atoms with Gasteiger partial charge in [0.1, 0.15) is 0 Å². The van der Waals surface area contributed by atoms with E-state index in [-0.39, 0.29) is 0 Å². The highest BCUT2D eigenvalue weighted by Gasteiger charge is 2.23. The number of rotatable bonds is 5. The minimum atomic E-state index is 0.295. The van der Waals surface area contributed by atoms with Crippen molar-refractivity contribution in [3.8, 4) is 0 Å². The summed E-state index contributed by atoms with van der Waals surface area (Å²) in [7, 11) is 0. The van der Waals surface area contributed by atoms with Crippen LogP contribution in [0.4, 0.5) is 0 Å². The first-order chi connectivity index (χ1) is 9.78. The molecule has 0 radical (unpaired) electrons. The summed E-state index contributed by atoms with van der Waals surface area (Å²) in [6.45, 7) is 2.52. The van der Waals surface area contributed by atoms with Gasteiger partial charge in [-0.3, -0.25) is 0 Å². The number of aromatic amines is 1. The number of fused-ring (bicyclic) bond motifs is 3. The molecule has 0 amide bonds. The number of aromatic nitrogens is 1. The second-order valence-corrected chi connectivity index (χ2v) is 6.00. The van der Waals surface area contributed by atoms with Crippen LogP contribution in [0.25, 0.3) is 10.9 Å². The molecule has 1 aliphatic rings. The third kappa shape index (κ3) is 2.74. The molecule has 0 spiro atoms. The lowest BCUT2D eigenvalue weighted by Crippen LogP contribution is -2.40. The Hall–Kier alpha value is -1.32. The van der Waals surface area contributed by atoms with E-state index in [2.05, 4.69) is 41.5 Å². The molecule has 3 rings (SSSR count). The van der Waals surface area contributed by atoms with Crippen molar-refractivity contribution < 1.29 is 5.11 Å². The van der Waals surface area contributed by atoms with Crippen molar-refractivity contribution in [2.45, 2.75) is 51.1 Å². The molecule has 3 N–H and O–H groups in total. The predicted octanol–water partition coefficient (Wildman–Crippen LogP) is 2.78. The molecule has 2 aromatic rings. The third-order valence-corrected chi connectivity index (χ3v) is 4.41. The van der Waals surface area contributed by atoms with E-state index in [1.165, 1.54) is 28.6 Å². The van der Waals surface area contributed by atoms with Gasteiger partial charge >= 0.3 is 0 Å². The zero-order valence-electron chi connectivity index (χ0n) is 12.2. The number of aryl methyl sites for hydroxylation is 1. The van der Waals surface area contributed by atoms with Crippen LogP contribution in [0.3, 0.4) is 0 Å². The van der Waals surface area contributed by atoms with Crippen molar-refractivity contribution >= 4 is 10.9 Å². The van der Waals surface area contributed by atoms with Gasteiger partial charge in [-0.2, -0.15) is 0 Å². The predicted molar refractivity (Wildman–Crippen MR) is 83.0 cm³/mol. The summed E-state index contributed by atoms with van der Waals surface area (Å²) >= 11 is 0. The molecule has 1 heterocycles. The molecule has 1 aromatic carbocycles. The minimum Gasteiger partial charge on any atom is -0.396 e. The maximum absolute atomic E-state index is 8.91. The topological polar surface area (TPSA) is 48.0 Å². The van der Waals surface area contributed by atoms with E-state index in [4.69, 9.17) is 5.11 Å². The van der Waals surface area contributed by atoms with E-state index >= 15 is 0 Å². The van der Waals surface area contributed by atoms with Gasteiger partial charge in [0.15, 0.2) is 0 Å². The molecule has 2 atom stereocenters. The van der Waals surface area contributed by atoms with Crippen molar-refractivity contribution in [2.75, 3.05) is 6.61 Å². The van der Waals surface area contributed by atoms with Crippen LogP contribution in [0.1, 0.15) is 37.4 Å². The Labute approximate surface area is 120 Å². The standard InChI is InChI=1S/C17H24N2O/c1-12(5-4-10-20)18-13-8-9-17-15(11-13)14-6-2-3-7-16(14)19-17/h2-3,6-7,12-13,18-20H,4-5,8-11H2,1H3. The SMILES string of the molecule is CC(CCCO)NC1CCc2[nH]c3ccccc3c2C1. The van der Waals surface area contributed by atoms with Gasteiger partial charge in [0.05, 0.1) is 0 Å². The maximum Gasteiger partial charge on any atom is 0.0458 e. The summed E-state index contributed by atoms with van der Waals surface area (Å²) in [5.41, 5.74) is 4.19.